The van der Waals surface area contributed by atoms with Crippen LogP contribution in [0.1, 0.15) is 33.5 Å². The number of hydrogen-bond acceptors (Lipinski definition) is 7. The number of esters is 1. The van der Waals surface area contributed by atoms with E-state index in [4.69, 9.17) is 9.26 Å². The Hall–Kier alpha value is -3.95. The number of fused-ring (bicyclic) bond motifs is 1. The molecule has 1 N–H and O–H groups in total. The van der Waals surface area contributed by atoms with Crippen molar-refractivity contribution in [2.75, 3.05) is 17.3 Å². The van der Waals surface area contributed by atoms with Gasteiger partial charge < -0.3 is 14.6 Å². The molecule has 3 heterocycles. The van der Waals surface area contributed by atoms with E-state index in [0.717, 1.165) is 0 Å². The molecule has 148 valence electrons. The Bertz CT molecular complexity index is 1090. The summed E-state index contributed by atoms with van der Waals surface area (Å²) in [5.41, 5.74) is 0.766. The van der Waals surface area contributed by atoms with Crippen molar-refractivity contribution >= 4 is 29.2 Å². The number of nitrogens with one attached hydrogen (secondary N) is 1. The van der Waals surface area contributed by atoms with Gasteiger partial charge in [-0.15, -0.1) is 0 Å². The first-order valence-electron chi connectivity index (χ1n) is 8.78. The van der Waals surface area contributed by atoms with Gasteiger partial charge in [0.1, 0.15) is 12.6 Å². The molecular formula is C19H17N5O5. The molecule has 3 aromatic rings. The third kappa shape index (κ3) is 3.24. The van der Waals surface area contributed by atoms with Crippen LogP contribution in [-0.2, 0) is 16.1 Å². The molecule has 0 saturated heterocycles. The average Bonchev–Trinajstić information content (AvgIpc) is 3.40. The number of rotatable bonds is 4. The highest BCUT2D eigenvalue weighted by molar-refractivity contribution is 6.19. The molecule has 1 atom stereocenters. The second-order valence-electron chi connectivity index (χ2n) is 6.42. The van der Waals surface area contributed by atoms with Crippen LogP contribution in [0.5, 0.6) is 0 Å². The molecule has 1 aromatic carbocycles. The lowest BCUT2D eigenvalue weighted by Crippen LogP contribution is -2.50. The monoisotopic (exact) mass is 395 g/mol. The lowest BCUT2D eigenvalue weighted by molar-refractivity contribution is -0.117. The van der Waals surface area contributed by atoms with E-state index in [-0.39, 0.29) is 22.9 Å². The minimum atomic E-state index is -0.868. The molecule has 0 saturated carbocycles. The van der Waals surface area contributed by atoms with Crippen molar-refractivity contribution in [3.8, 4) is 0 Å². The number of carbonyl (C=O) groups excluding carboxylic acids is 3. The van der Waals surface area contributed by atoms with E-state index in [1.165, 1.54) is 24.1 Å². The Morgan fingerprint density at radius 3 is 2.86 bits per heavy atom. The summed E-state index contributed by atoms with van der Waals surface area (Å²) in [5, 5.41) is 10.6. The molecule has 0 fully saturated rings. The molecule has 29 heavy (non-hydrogen) atoms. The summed E-state index contributed by atoms with van der Waals surface area (Å²) in [6, 6.07) is 7.12. The molecule has 1 aliphatic rings. The van der Waals surface area contributed by atoms with Gasteiger partial charge in [-0.05, 0) is 25.1 Å². The summed E-state index contributed by atoms with van der Waals surface area (Å²) >= 11 is 0. The number of benzene rings is 1. The van der Waals surface area contributed by atoms with Crippen molar-refractivity contribution in [2.45, 2.75) is 19.5 Å². The SMILES string of the molecule is COC(=O)c1cccc2c1N(C(=O)c1cc(Cn3cccn3)on1)C(C)C(=O)N2. The van der Waals surface area contributed by atoms with Crippen molar-refractivity contribution in [1.29, 1.82) is 0 Å². The van der Waals surface area contributed by atoms with Gasteiger partial charge in [0.05, 0.1) is 24.0 Å². The van der Waals surface area contributed by atoms with Crippen molar-refractivity contribution in [3.05, 3.63) is 59.7 Å². The number of amides is 2. The lowest BCUT2D eigenvalue weighted by Gasteiger charge is -2.35. The number of hydrogen-bond donors (Lipinski definition) is 1. The van der Waals surface area contributed by atoms with Crippen LogP contribution in [0.4, 0.5) is 11.4 Å². The van der Waals surface area contributed by atoms with Crippen LogP contribution in [0.3, 0.4) is 0 Å². The van der Waals surface area contributed by atoms with Crippen LogP contribution in [0.25, 0.3) is 0 Å². The van der Waals surface area contributed by atoms with E-state index in [0.29, 0.717) is 18.0 Å². The van der Waals surface area contributed by atoms with Gasteiger partial charge in [0.15, 0.2) is 11.5 Å². The minimum Gasteiger partial charge on any atom is -0.465 e. The largest absolute Gasteiger partial charge is 0.465 e. The number of carbonyl (C=O) groups is 3. The van der Waals surface area contributed by atoms with E-state index in [9.17, 15) is 14.4 Å². The topological polar surface area (TPSA) is 120 Å². The maximum atomic E-state index is 13.2. The Labute approximate surface area is 165 Å². The molecule has 0 aliphatic carbocycles. The van der Waals surface area contributed by atoms with Crippen LogP contribution >= 0.6 is 0 Å². The first-order chi connectivity index (χ1) is 14.0. The highest BCUT2D eigenvalue weighted by Crippen LogP contribution is 2.36. The van der Waals surface area contributed by atoms with Crippen molar-refractivity contribution in [1.82, 2.24) is 14.9 Å². The first-order valence-corrected chi connectivity index (χ1v) is 8.78. The second-order valence-corrected chi connectivity index (χ2v) is 6.42. The molecule has 2 amide bonds. The van der Waals surface area contributed by atoms with E-state index < -0.39 is 17.9 Å². The third-order valence-electron chi connectivity index (χ3n) is 4.58. The third-order valence-corrected chi connectivity index (χ3v) is 4.58. The summed E-state index contributed by atoms with van der Waals surface area (Å²) in [4.78, 5) is 39.1. The van der Waals surface area contributed by atoms with Crippen LogP contribution in [0.15, 0.2) is 47.2 Å². The van der Waals surface area contributed by atoms with Crippen LogP contribution in [0.2, 0.25) is 0 Å². The van der Waals surface area contributed by atoms with Gasteiger partial charge in [-0.1, -0.05) is 11.2 Å². The highest BCUT2D eigenvalue weighted by atomic mass is 16.5. The summed E-state index contributed by atoms with van der Waals surface area (Å²) in [6.45, 7) is 1.86. The maximum Gasteiger partial charge on any atom is 0.340 e. The van der Waals surface area contributed by atoms with Gasteiger partial charge in [0.25, 0.3) is 5.91 Å². The smallest absolute Gasteiger partial charge is 0.340 e. The standard InChI is InChI=1S/C19H17N5O5/c1-11-17(25)21-14-6-3-5-13(19(27)28-2)16(14)24(11)18(26)15-9-12(29-22-15)10-23-8-4-7-20-23/h3-9,11H,10H2,1-2H3,(H,21,25). The minimum absolute atomic E-state index is 0.0133. The van der Waals surface area contributed by atoms with E-state index in [1.54, 1.807) is 42.2 Å². The Morgan fingerprint density at radius 2 is 2.14 bits per heavy atom. The lowest BCUT2D eigenvalue weighted by atomic mass is 10.0. The molecular weight excluding hydrogens is 378 g/mol. The molecule has 1 unspecified atom stereocenters. The summed E-state index contributed by atoms with van der Waals surface area (Å²) in [7, 11) is 1.25. The molecule has 1 aliphatic heterocycles. The molecule has 0 radical (unpaired) electrons. The van der Waals surface area contributed by atoms with Crippen LogP contribution < -0.4 is 10.2 Å². The molecule has 10 nitrogen and oxygen atoms in total. The fourth-order valence-electron chi connectivity index (χ4n) is 3.17. The van der Waals surface area contributed by atoms with Gasteiger partial charge in [0.2, 0.25) is 5.91 Å². The summed E-state index contributed by atoms with van der Waals surface area (Å²) < 4.78 is 11.7. The summed E-state index contributed by atoms with van der Waals surface area (Å²) in [5.74, 6) is -1.15. The van der Waals surface area contributed by atoms with Gasteiger partial charge in [-0.2, -0.15) is 5.10 Å². The van der Waals surface area contributed by atoms with Crippen molar-refractivity contribution < 1.29 is 23.6 Å². The Kier molecular flexibility index (Phi) is 4.59. The molecule has 2 aromatic heterocycles. The predicted molar refractivity (Wildman–Crippen MR) is 101 cm³/mol. The van der Waals surface area contributed by atoms with Gasteiger partial charge >= 0.3 is 5.97 Å². The molecule has 0 bridgehead atoms. The Morgan fingerprint density at radius 1 is 1.31 bits per heavy atom. The fraction of sp³-hybridized carbons (Fsp3) is 0.211. The van der Waals surface area contributed by atoms with E-state index >= 15 is 0 Å². The van der Waals surface area contributed by atoms with Gasteiger partial charge in [0, 0.05) is 18.5 Å². The number of aromatic nitrogens is 3. The number of ether oxygens (including phenoxy) is 1. The zero-order valence-corrected chi connectivity index (χ0v) is 15.7. The second kappa shape index (κ2) is 7.23. The van der Waals surface area contributed by atoms with Crippen molar-refractivity contribution in [2.24, 2.45) is 0 Å². The Balaban J connectivity index is 1.73. The normalized spacial score (nSPS) is 15.6. The first kappa shape index (κ1) is 18.4. The number of nitrogens with zero attached hydrogens (tertiary/aromatic N) is 4. The molecule has 10 heteroatoms. The van der Waals surface area contributed by atoms with Crippen LogP contribution in [0, 0.1) is 0 Å². The zero-order chi connectivity index (χ0) is 20.5. The van der Waals surface area contributed by atoms with E-state index in [1.807, 2.05) is 0 Å². The molecule has 4 rings (SSSR count). The number of methoxy groups -OCH3 is 1. The van der Waals surface area contributed by atoms with E-state index in [2.05, 4.69) is 15.6 Å². The predicted octanol–water partition coefficient (Wildman–Crippen LogP) is 1.69. The maximum absolute atomic E-state index is 13.2. The summed E-state index contributed by atoms with van der Waals surface area (Å²) in [6.07, 6.45) is 3.38. The molecule has 0 spiro atoms. The number of anilines is 2. The highest BCUT2D eigenvalue weighted by Gasteiger charge is 2.38. The zero-order valence-electron chi connectivity index (χ0n) is 15.7. The quantitative estimate of drug-likeness (QED) is 0.668. The fourth-order valence-corrected chi connectivity index (χ4v) is 3.17. The van der Waals surface area contributed by atoms with Crippen molar-refractivity contribution in [3.63, 3.8) is 0 Å². The van der Waals surface area contributed by atoms with Gasteiger partial charge in [-0.3, -0.25) is 19.2 Å². The number of para-hydroxylation sites is 1. The average molecular weight is 395 g/mol. The van der Waals surface area contributed by atoms with Crippen LogP contribution in [-0.4, -0.2) is 45.9 Å². The van der Waals surface area contributed by atoms with Gasteiger partial charge in [-0.25, -0.2) is 4.79 Å².